The van der Waals surface area contributed by atoms with Crippen LogP contribution in [0.4, 0.5) is 4.79 Å². The van der Waals surface area contributed by atoms with E-state index < -0.39 is 11.6 Å². The molecule has 0 spiro atoms. The predicted octanol–water partition coefficient (Wildman–Crippen LogP) is 3.61. The number of nitriles is 1. The van der Waals surface area contributed by atoms with Crippen LogP contribution in [-0.2, 0) is 5.54 Å². The Bertz CT molecular complexity index is 926. The molecule has 1 fully saturated rings. The highest BCUT2D eigenvalue weighted by Gasteiger charge is 2.39. The molecule has 2 aromatic carbocycles. The van der Waals surface area contributed by atoms with Crippen LogP contribution in [0.15, 0.2) is 42.5 Å². The quantitative estimate of drug-likeness (QED) is 0.832. The third kappa shape index (κ3) is 3.48. The second-order valence-corrected chi connectivity index (χ2v) is 6.22. The van der Waals surface area contributed by atoms with E-state index in [-0.39, 0.29) is 0 Å². The summed E-state index contributed by atoms with van der Waals surface area (Å²) in [6, 6.07) is 14.8. The fraction of sp³-hybridized carbons (Fsp3) is 0.238. The van der Waals surface area contributed by atoms with Crippen LogP contribution in [0.25, 0.3) is 0 Å². The number of carbonyl (C=O) groups is 1. The molecule has 130 valence electrons. The summed E-state index contributed by atoms with van der Waals surface area (Å²) in [5, 5.41) is 20.7. The van der Waals surface area contributed by atoms with Gasteiger partial charge in [0, 0.05) is 5.56 Å². The number of hydrogen-bond donors (Lipinski definition) is 2. The van der Waals surface area contributed by atoms with E-state index in [1.54, 1.807) is 25.3 Å². The van der Waals surface area contributed by atoms with Crippen molar-refractivity contribution >= 4 is 6.09 Å². The zero-order valence-electron chi connectivity index (χ0n) is 14.4. The maximum Gasteiger partial charge on any atom is 0.405 e. The molecule has 0 atom stereocenters. The summed E-state index contributed by atoms with van der Waals surface area (Å²) >= 11 is 0. The van der Waals surface area contributed by atoms with Gasteiger partial charge < -0.3 is 15.2 Å². The highest BCUT2D eigenvalue weighted by molar-refractivity contribution is 5.66. The second kappa shape index (κ2) is 7.21. The van der Waals surface area contributed by atoms with Crippen molar-refractivity contribution in [3.05, 3.63) is 64.7 Å². The van der Waals surface area contributed by atoms with Gasteiger partial charge in [-0.15, -0.1) is 0 Å². The molecule has 1 aliphatic carbocycles. The zero-order valence-corrected chi connectivity index (χ0v) is 14.4. The SMILES string of the molecule is COc1ccc(C#N)cc1C#Cc1ccc(C2(NC(=O)O)CCC2)cc1. The largest absolute Gasteiger partial charge is 0.495 e. The van der Waals surface area contributed by atoms with Crippen LogP contribution < -0.4 is 10.1 Å². The van der Waals surface area contributed by atoms with Gasteiger partial charge in [0.15, 0.2) is 0 Å². The molecule has 1 amide bonds. The Morgan fingerprint density at radius 1 is 1.15 bits per heavy atom. The maximum atomic E-state index is 11.1. The smallest absolute Gasteiger partial charge is 0.405 e. The molecular formula is C21H18N2O3. The molecule has 0 bridgehead atoms. The summed E-state index contributed by atoms with van der Waals surface area (Å²) in [5.74, 6) is 6.72. The number of carboxylic acid groups (broad SMARTS) is 1. The average molecular weight is 346 g/mol. The fourth-order valence-electron chi connectivity index (χ4n) is 3.11. The molecular weight excluding hydrogens is 328 g/mol. The van der Waals surface area contributed by atoms with Crippen molar-refractivity contribution in [2.24, 2.45) is 0 Å². The van der Waals surface area contributed by atoms with Crippen molar-refractivity contribution in [3.63, 3.8) is 0 Å². The lowest BCUT2D eigenvalue weighted by Gasteiger charge is -2.42. The van der Waals surface area contributed by atoms with Gasteiger partial charge in [-0.25, -0.2) is 4.79 Å². The van der Waals surface area contributed by atoms with Crippen molar-refractivity contribution in [3.8, 4) is 23.7 Å². The number of nitrogens with zero attached hydrogens (tertiary/aromatic N) is 1. The first-order valence-corrected chi connectivity index (χ1v) is 8.28. The number of benzene rings is 2. The number of rotatable bonds is 3. The summed E-state index contributed by atoms with van der Waals surface area (Å²) in [7, 11) is 1.56. The Labute approximate surface area is 152 Å². The lowest BCUT2D eigenvalue weighted by Crippen LogP contribution is -2.50. The maximum absolute atomic E-state index is 11.1. The molecule has 3 rings (SSSR count). The van der Waals surface area contributed by atoms with Gasteiger partial charge in [-0.2, -0.15) is 5.26 Å². The first kappa shape index (κ1) is 17.4. The van der Waals surface area contributed by atoms with E-state index in [2.05, 4.69) is 23.2 Å². The van der Waals surface area contributed by atoms with Crippen molar-refractivity contribution in [2.45, 2.75) is 24.8 Å². The number of ether oxygens (including phenoxy) is 1. The predicted molar refractivity (Wildman–Crippen MR) is 96.8 cm³/mol. The Morgan fingerprint density at radius 3 is 2.38 bits per heavy atom. The minimum absolute atomic E-state index is 0.470. The van der Waals surface area contributed by atoms with Crippen LogP contribution >= 0.6 is 0 Å². The van der Waals surface area contributed by atoms with Crippen LogP contribution in [0, 0.1) is 23.2 Å². The van der Waals surface area contributed by atoms with Gasteiger partial charge in [-0.1, -0.05) is 24.0 Å². The standard InChI is InChI=1S/C21H18N2O3/c1-26-19-10-6-16(14-22)13-17(19)7-3-15-4-8-18(9-5-15)21(11-2-12-21)23-20(24)25/h4-6,8-10,13,23H,2,11-12H2,1H3,(H,24,25). The van der Waals surface area contributed by atoms with Crippen LogP contribution in [0.2, 0.25) is 0 Å². The zero-order chi connectivity index (χ0) is 18.6. The molecule has 1 aliphatic rings. The van der Waals surface area contributed by atoms with Crippen molar-refractivity contribution in [1.29, 1.82) is 5.26 Å². The second-order valence-electron chi connectivity index (χ2n) is 6.22. The van der Waals surface area contributed by atoms with Crippen molar-refractivity contribution in [2.75, 3.05) is 7.11 Å². The van der Waals surface area contributed by atoms with E-state index in [0.717, 1.165) is 30.4 Å². The third-order valence-corrected chi connectivity index (χ3v) is 4.66. The Kier molecular flexibility index (Phi) is 4.82. The number of nitrogens with one attached hydrogen (secondary N) is 1. The first-order valence-electron chi connectivity index (χ1n) is 8.28. The normalized spacial score (nSPS) is 14.2. The lowest BCUT2D eigenvalue weighted by atomic mass is 9.72. The van der Waals surface area contributed by atoms with E-state index >= 15 is 0 Å². The van der Waals surface area contributed by atoms with Gasteiger partial charge in [0.05, 0.1) is 29.8 Å². The number of amides is 1. The van der Waals surface area contributed by atoms with Gasteiger partial charge >= 0.3 is 6.09 Å². The van der Waals surface area contributed by atoms with Gasteiger partial charge in [0.2, 0.25) is 0 Å². The number of methoxy groups -OCH3 is 1. The van der Waals surface area contributed by atoms with Crippen LogP contribution in [0.1, 0.15) is 41.5 Å². The summed E-state index contributed by atoms with van der Waals surface area (Å²) in [5.41, 5.74) is 2.47. The van der Waals surface area contributed by atoms with E-state index in [4.69, 9.17) is 15.1 Å². The Balaban J connectivity index is 1.84. The molecule has 5 heteroatoms. The molecule has 0 aliphatic heterocycles. The molecule has 26 heavy (non-hydrogen) atoms. The van der Waals surface area contributed by atoms with Crippen molar-refractivity contribution < 1.29 is 14.6 Å². The average Bonchev–Trinajstić information content (AvgIpc) is 2.63. The molecule has 2 aromatic rings. The molecule has 0 aromatic heterocycles. The minimum atomic E-state index is -1.00. The monoisotopic (exact) mass is 346 g/mol. The highest BCUT2D eigenvalue weighted by atomic mass is 16.5. The molecule has 0 unspecified atom stereocenters. The van der Waals surface area contributed by atoms with Gasteiger partial charge in [-0.3, -0.25) is 0 Å². The van der Waals surface area contributed by atoms with Crippen LogP contribution in [-0.4, -0.2) is 18.3 Å². The minimum Gasteiger partial charge on any atom is -0.495 e. The highest BCUT2D eigenvalue weighted by Crippen LogP contribution is 2.41. The molecule has 5 nitrogen and oxygen atoms in total. The van der Waals surface area contributed by atoms with Gasteiger partial charge in [0.25, 0.3) is 0 Å². The molecule has 0 radical (unpaired) electrons. The summed E-state index contributed by atoms with van der Waals surface area (Å²) in [6.45, 7) is 0. The molecule has 2 N–H and O–H groups in total. The van der Waals surface area contributed by atoms with Crippen LogP contribution in [0.3, 0.4) is 0 Å². The fourth-order valence-corrected chi connectivity index (χ4v) is 3.11. The first-order chi connectivity index (χ1) is 12.6. The summed E-state index contributed by atoms with van der Waals surface area (Å²) < 4.78 is 5.28. The van der Waals surface area contributed by atoms with Gasteiger partial charge in [0.1, 0.15) is 5.75 Å². The van der Waals surface area contributed by atoms with E-state index in [0.29, 0.717) is 16.9 Å². The molecule has 1 saturated carbocycles. The summed E-state index contributed by atoms with van der Waals surface area (Å²) in [4.78, 5) is 11.1. The van der Waals surface area contributed by atoms with Crippen molar-refractivity contribution in [1.82, 2.24) is 5.32 Å². The van der Waals surface area contributed by atoms with Crippen LogP contribution in [0.5, 0.6) is 5.75 Å². The number of hydrogen-bond acceptors (Lipinski definition) is 3. The van der Waals surface area contributed by atoms with E-state index in [1.807, 2.05) is 24.3 Å². The van der Waals surface area contributed by atoms with E-state index in [9.17, 15) is 4.79 Å². The third-order valence-electron chi connectivity index (χ3n) is 4.66. The molecule has 0 saturated heterocycles. The topological polar surface area (TPSA) is 82.3 Å². The lowest BCUT2D eigenvalue weighted by molar-refractivity contribution is 0.144. The summed E-state index contributed by atoms with van der Waals surface area (Å²) in [6.07, 6.45) is 1.62. The van der Waals surface area contributed by atoms with E-state index in [1.165, 1.54) is 0 Å². The Morgan fingerprint density at radius 2 is 1.85 bits per heavy atom. The Hall–Kier alpha value is -3.44. The van der Waals surface area contributed by atoms with Gasteiger partial charge in [-0.05, 0) is 55.2 Å². The molecule has 0 heterocycles.